The number of fused-ring (bicyclic) bond motifs is 3. The van der Waals surface area contributed by atoms with Crippen LogP contribution in [-0.4, -0.2) is 52.2 Å². The summed E-state index contributed by atoms with van der Waals surface area (Å²) in [5.74, 6) is -1.33. The van der Waals surface area contributed by atoms with Gasteiger partial charge in [0.25, 0.3) is 5.91 Å². The number of aromatic nitrogens is 1. The third-order valence-corrected chi connectivity index (χ3v) is 6.21. The summed E-state index contributed by atoms with van der Waals surface area (Å²) >= 11 is 5.98. The van der Waals surface area contributed by atoms with E-state index < -0.39 is 18.1 Å². The second-order valence-corrected chi connectivity index (χ2v) is 9.74. The predicted molar refractivity (Wildman–Crippen MR) is 131 cm³/mol. The number of methoxy groups -OCH3 is 1. The first-order chi connectivity index (χ1) is 16.1. The highest BCUT2D eigenvalue weighted by Gasteiger charge is 2.43. The monoisotopic (exact) mass is 481 g/mol. The molecule has 34 heavy (non-hydrogen) atoms. The van der Waals surface area contributed by atoms with Crippen LogP contribution in [-0.2, 0) is 20.7 Å². The number of alkyl halides is 1. The van der Waals surface area contributed by atoms with Crippen molar-refractivity contribution in [3.8, 4) is 0 Å². The fourth-order valence-corrected chi connectivity index (χ4v) is 4.70. The van der Waals surface area contributed by atoms with E-state index in [1.165, 1.54) is 12.0 Å². The van der Waals surface area contributed by atoms with E-state index >= 15 is 0 Å². The Morgan fingerprint density at radius 2 is 1.79 bits per heavy atom. The minimum atomic E-state index is -0.822. The van der Waals surface area contributed by atoms with Gasteiger partial charge in [-0.2, -0.15) is 0 Å². The molecule has 0 spiro atoms. The Labute approximate surface area is 203 Å². The number of ether oxygens (including phenoxy) is 1. The first-order valence-corrected chi connectivity index (χ1v) is 11.6. The van der Waals surface area contributed by atoms with Gasteiger partial charge in [0.05, 0.1) is 13.2 Å². The average molecular weight is 482 g/mol. The lowest BCUT2D eigenvalue weighted by Gasteiger charge is -2.40. The number of hydrogen-bond donors (Lipinski definition) is 2. The van der Waals surface area contributed by atoms with Crippen LogP contribution in [0, 0.1) is 0 Å². The molecule has 0 radical (unpaired) electrons. The average Bonchev–Trinajstić information content (AvgIpc) is 3.19. The van der Waals surface area contributed by atoms with Crippen LogP contribution in [0.4, 0.5) is 0 Å². The molecule has 178 valence electrons. The van der Waals surface area contributed by atoms with Gasteiger partial charge in [0.1, 0.15) is 11.9 Å². The van der Waals surface area contributed by atoms with Gasteiger partial charge < -0.3 is 19.9 Å². The van der Waals surface area contributed by atoms with Gasteiger partial charge in [-0.25, -0.2) is 4.79 Å². The number of carbonyl (C=O) groups excluding carboxylic acids is 3. The molecule has 2 aromatic carbocycles. The summed E-state index contributed by atoms with van der Waals surface area (Å²) in [4.78, 5) is 43.4. The number of halogens is 1. The fourth-order valence-electron chi connectivity index (χ4n) is 4.56. The number of aromatic amines is 1. The zero-order chi connectivity index (χ0) is 24.6. The van der Waals surface area contributed by atoms with Crippen molar-refractivity contribution in [1.29, 1.82) is 0 Å². The maximum atomic E-state index is 13.0. The quantitative estimate of drug-likeness (QED) is 0.436. The van der Waals surface area contributed by atoms with Crippen molar-refractivity contribution in [2.24, 2.45) is 0 Å². The van der Waals surface area contributed by atoms with Crippen molar-refractivity contribution in [2.75, 3.05) is 13.0 Å². The van der Waals surface area contributed by atoms with E-state index in [0.717, 1.165) is 27.7 Å². The van der Waals surface area contributed by atoms with Crippen LogP contribution in [0.2, 0.25) is 0 Å². The Balaban J connectivity index is 1.84. The summed E-state index contributed by atoms with van der Waals surface area (Å²) < 4.78 is 5.06. The highest BCUT2D eigenvalue weighted by Crippen LogP contribution is 2.41. The van der Waals surface area contributed by atoms with Gasteiger partial charge in [-0.3, -0.25) is 9.59 Å². The molecule has 2 amide bonds. The Hall–Kier alpha value is -3.32. The van der Waals surface area contributed by atoms with Crippen LogP contribution >= 0.6 is 11.6 Å². The molecule has 0 bridgehead atoms. The van der Waals surface area contributed by atoms with Crippen molar-refractivity contribution in [2.45, 2.75) is 44.8 Å². The lowest BCUT2D eigenvalue weighted by molar-refractivity contribution is -0.154. The molecule has 0 unspecified atom stereocenters. The van der Waals surface area contributed by atoms with Crippen LogP contribution in [0.15, 0.2) is 48.5 Å². The number of nitrogens with one attached hydrogen (secondary N) is 2. The van der Waals surface area contributed by atoms with E-state index in [0.29, 0.717) is 12.0 Å². The van der Waals surface area contributed by atoms with Crippen LogP contribution < -0.4 is 5.32 Å². The third-order valence-electron chi connectivity index (χ3n) is 5.98. The molecule has 1 aliphatic heterocycles. The van der Waals surface area contributed by atoms with Gasteiger partial charge in [-0.15, -0.1) is 11.6 Å². The fraction of sp³-hybridized carbons (Fsp3) is 0.346. The van der Waals surface area contributed by atoms with E-state index in [4.69, 9.17) is 16.3 Å². The third kappa shape index (κ3) is 4.40. The molecule has 3 aromatic rings. The van der Waals surface area contributed by atoms with Gasteiger partial charge in [0, 0.05) is 34.1 Å². The van der Waals surface area contributed by atoms with Gasteiger partial charge >= 0.3 is 5.97 Å². The SMILES string of the molecule is COC(=O)[C@H]1Cc2c([nH]c3ccccc23)[C@H](c2ccc(C(=O)NC(C)(C)C)cc2)N1C(=O)CCl. The van der Waals surface area contributed by atoms with E-state index in [2.05, 4.69) is 10.3 Å². The molecule has 2 atom stereocenters. The number of amides is 2. The number of carbonyl (C=O) groups is 3. The normalized spacial score (nSPS) is 17.9. The summed E-state index contributed by atoms with van der Waals surface area (Å²) in [7, 11) is 1.31. The van der Waals surface area contributed by atoms with E-state index in [1.807, 2.05) is 57.2 Å². The standard InChI is InChI=1S/C26H28ClN3O4/c1-26(2,3)29-24(32)16-11-9-15(10-12-16)23-22-18(17-7-5-6-8-19(17)28-22)13-20(25(33)34-4)30(23)21(31)14-27/h5-12,20,23,28H,13-14H2,1-4H3,(H,29,32)/t20-,23+/m1/s1. The molecular formula is C26H28ClN3O4. The highest BCUT2D eigenvalue weighted by atomic mass is 35.5. The highest BCUT2D eigenvalue weighted by molar-refractivity contribution is 6.27. The van der Waals surface area contributed by atoms with Crippen molar-refractivity contribution in [3.63, 3.8) is 0 Å². The maximum Gasteiger partial charge on any atom is 0.328 e. The number of H-pyrrole nitrogens is 1. The van der Waals surface area contributed by atoms with Gasteiger partial charge in [-0.05, 0) is 50.1 Å². The van der Waals surface area contributed by atoms with E-state index in [9.17, 15) is 14.4 Å². The van der Waals surface area contributed by atoms with Crippen LogP contribution in [0.1, 0.15) is 54.0 Å². The van der Waals surface area contributed by atoms with Crippen molar-refractivity contribution >= 4 is 40.3 Å². The lowest BCUT2D eigenvalue weighted by Crippen LogP contribution is -2.52. The number of nitrogens with zero attached hydrogens (tertiary/aromatic N) is 1. The number of benzene rings is 2. The first-order valence-electron chi connectivity index (χ1n) is 11.1. The second kappa shape index (κ2) is 9.14. The Morgan fingerprint density at radius 1 is 1.12 bits per heavy atom. The summed E-state index contributed by atoms with van der Waals surface area (Å²) in [5, 5.41) is 3.94. The first kappa shape index (κ1) is 23.8. The van der Waals surface area contributed by atoms with E-state index in [1.54, 1.807) is 12.1 Å². The van der Waals surface area contributed by atoms with Crippen LogP contribution in [0.3, 0.4) is 0 Å². The smallest absolute Gasteiger partial charge is 0.328 e. The molecule has 7 nitrogen and oxygen atoms in total. The molecule has 0 saturated carbocycles. The number of esters is 1. The molecular weight excluding hydrogens is 454 g/mol. The van der Waals surface area contributed by atoms with Crippen molar-refractivity contribution < 1.29 is 19.1 Å². The van der Waals surface area contributed by atoms with Crippen LogP contribution in [0.25, 0.3) is 10.9 Å². The summed E-state index contributed by atoms with van der Waals surface area (Å²) in [6, 6.07) is 13.5. The molecule has 8 heteroatoms. The molecule has 1 aliphatic rings. The summed E-state index contributed by atoms with van der Waals surface area (Å²) in [6.07, 6.45) is 0.317. The molecule has 1 aromatic heterocycles. The largest absolute Gasteiger partial charge is 0.467 e. The van der Waals surface area contributed by atoms with Gasteiger partial charge in [0.15, 0.2) is 0 Å². The number of hydrogen-bond acceptors (Lipinski definition) is 4. The van der Waals surface area contributed by atoms with Crippen LogP contribution in [0.5, 0.6) is 0 Å². The molecule has 2 heterocycles. The molecule has 0 aliphatic carbocycles. The summed E-state index contributed by atoms with van der Waals surface area (Å²) in [5.41, 5.74) is 3.60. The maximum absolute atomic E-state index is 13.0. The van der Waals surface area contributed by atoms with Crippen molar-refractivity contribution in [3.05, 3.63) is 70.9 Å². The topological polar surface area (TPSA) is 91.5 Å². The molecule has 0 fully saturated rings. The Morgan fingerprint density at radius 3 is 2.41 bits per heavy atom. The number of rotatable bonds is 4. The van der Waals surface area contributed by atoms with Gasteiger partial charge in [-0.1, -0.05) is 30.3 Å². The second-order valence-electron chi connectivity index (χ2n) is 9.47. The van der Waals surface area contributed by atoms with Crippen molar-refractivity contribution in [1.82, 2.24) is 15.2 Å². The molecule has 4 rings (SSSR count). The van der Waals surface area contributed by atoms with E-state index in [-0.39, 0.29) is 23.2 Å². The van der Waals surface area contributed by atoms with Gasteiger partial charge in [0.2, 0.25) is 5.91 Å². The minimum Gasteiger partial charge on any atom is -0.467 e. The zero-order valence-electron chi connectivity index (χ0n) is 19.6. The minimum absolute atomic E-state index is 0.185. The molecule has 2 N–H and O–H groups in total. The Kier molecular flexibility index (Phi) is 6.41. The zero-order valence-corrected chi connectivity index (χ0v) is 20.4. The Bertz CT molecular complexity index is 1240. The lowest BCUT2D eigenvalue weighted by atomic mass is 9.87. The number of para-hydroxylation sites is 1. The molecule has 0 saturated heterocycles. The predicted octanol–water partition coefficient (Wildman–Crippen LogP) is 3.95. The summed E-state index contributed by atoms with van der Waals surface area (Å²) in [6.45, 7) is 5.75.